The third-order valence-corrected chi connectivity index (χ3v) is 4.00. The first-order chi connectivity index (χ1) is 7.35. The van der Waals surface area contributed by atoms with Crippen LogP contribution < -0.4 is 0 Å². The molecule has 0 saturated carbocycles. The number of unbranched alkanes of at least 4 members (excludes halogenated alkanes) is 2. The van der Waals surface area contributed by atoms with E-state index in [1.54, 1.807) is 11.8 Å². The summed E-state index contributed by atoms with van der Waals surface area (Å²) < 4.78 is 0. The van der Waals surface area contributed by atoms with E-state index in [0.29, 0.717) is 0 Å². The molecule has 88 valence electrons. The van der Waals surface area contributed by atoms with Gasteiger partial charge in [0.15, 0.2) is 6.29 Å². The molecule has 3 heteroatoms. The van der Waals surface area contributed by atoms with Crippen LogP contribution in [-0.2, 0) is 4.79 Å². The van der Waals surface area contributed by atoms with E-state index in [-0.39, 0.29) is 0 Å². The van der Waals surface area contributed by atoms with E-state index in [1.807, 2.05) is 11.8 Å². The van der Waals surface area contributed by atoms with Crippen LogP contribution >= 0.6 is 23.5 Å². The van der Waals surface area contributed by atoms with Gasteiger partial charge < -0.3 is 0 Å². The first-order valence-electron chi connectivity index (χ1n) is 5.71. The average Bonchev–Trinajstić information content (AvgIpc) is 2.26. The van der Waals surface area contributed by atoms with Gasteiger partial charge in [0.1, 0.15) is 0 Å². The predicted molar refractivity (Wildman–Crippen MR) is 73.7 cm³/mol. The van der Waals surface area contributed by atoms with Crippen LogP contribution in [-0.4, -0.2) is 23.5 Å². The lowest BCUT2D eigenvalue weighted by Crippen LogP contribution is -1.86. The van der Waals surface area contributed by atoms with E-state index in [9.17, 15) is 4.79 Å². The summed E-state index contributed by atoms with van der Waals surface area (Å²) in [7, 11) is 0. The van der Waals surface area contributed by atoms with Crippen LogP contribution in [0.1, 0.15) is 39.5 Å². The number of thioether (sulfide) groups is 2. The zero-order valence-electron chi connectivity index (χ0n) is 9.83. The smallest absolute Gasteiger partial charge is 0.156 e. The molecular formula is C12H22OS2. The minimum atomic E-state index is 0.910. The molecule has 15 heavy (non-hydrogen) atoms. The largest absolute Gasteiger partial charge is 0.297 e. The second kappa shape index (κ2) is 12.2. The summed E-state index contributed by atoms with van der Waals surface area (Å²) >= 11 is 3.60. The number of allylic oxidation sites excluding steroid dienone is 1. The van der Waals surface area contributed by atoms with E-state index in [1.165, 1.54) is 31.4 Å². The van der Waals surface area contributed by atoms with Gasteiger partial charge in [0.05, 0.1) is 0 Å². The molecule has 0 amide bonds. The van der Waals surface area contributed by atoms with Crippen LogP contribution in [0.4, 0.5) is 0 Å². The first-order valence-corrected chi connectivity index (χ1v) is 7.85. The number of hydrogen-bond acceptors (Lipinski definition) is 3. The standard InChI is InChI=1S/C12H22OS2/c1-3-5-8-14-10-7-12(11-13)15-9-6-4-2/h7,11H,3-6,8-10H2,1-2H3/b12-7+. The Hall–Kier alpha value is 0.110. The predicted octanol–water partition coefficient (Wildman–Crippen LogP) is 4.14. The van der Waals surface area contributed by atoms with Gasteiger partial charge in [0.25, 0.3) is 0 Å². The SMILES string of the molecule is CCCCSC/C=C(\C=O)SCCCC. The molecule has 0 spiro atoms. The zero-order chi connectivity index (χ0) is 11.4. The Kier molecular flexibility index (Phi) is 12.3. The molecule has 0 bridgehead atoms. The molecule has 0 aliphatic carbocycles. The van der Waals surface area contributed by atoms with E-state index < -0.39 is 0 Å². The molecule has 1 nitrogen and oxygen atoms in total. The highest BCUT2D eigenvalue weighted by Gasteiger charge is 1.95. The van der Waals surface area contributed by atoms with Crippen LogP contribution in [0.25, 0.3) is 0 Å². The summed E-state index contributed by atoms with van der Waals surface area (Å²) in [6.07, 6.45) is 7.97. The lowest BCUT2D eigenvalue weighted by molar-refractivity contribution is -0.104. The van der Waals surface area contributed by atoms with Gasteiger partial charge in [-0.05, 0) is 24.3 Å². The van der Waals surface area contributed by atoms with Gasteiger partial charge in [-0.15, -0.1) is 11.8 Å². The lowest BCUT2D eigenvalue weighted by atomic mass is 10.4. The van der Waals surface area contributed by atoms with Crippen LogP contribution in [0.2, 0.25) is 0 Å². The molecule has 0 aliphatic rings. The minimum absolute atomic E-state index is 0.910. The summed E-state index contributed by atoms with van der Waals surface area (Å²) in [5.74, 6) is 3.26. The molecule has 0 heterocycles. The fourth-order valence-electron chi connectivity index (χ4n) is 0.946. The van der Waals surface area contributed by atoms with E-state index in [2.05, 4.69) is 19.9 Å². The Morgan fingerprint density at radius 2 is 1.80 bits per heavy atom. The molecule has 0 aliphatic heterocycles. The van der Waals surface area contributed by atoms with Crippen molar-refractivity contribution in [2.75, 3.05) is 17.3 Å². The maximum Gasteiger partial charge on any atom is 0.156 e. The quantitative estimate of drug-likeness (QED) is 0.328. The maximum atomic E-state index is 10.7. The molecule has 0 aromatic heterocycles. The second-order valence-electron chi connectivity index (χ2n) is 3.35. The monoisotopic (exact) mass is 246 g/mol. The van der Waals surface area contributed by atoms with E-state index >= 15 is 0 Å². The summed E-state index contributed by atoms with van der Waals surface area (Å²) in [6, 6.07) is 0. The van der Waals surface area contributed by atoms with Crippen molar-refractivity contribution in [1.29, 1.82) is 0 Å². The highest BCUT2D eigenvalue weighted by Crippen LogP contribution is 2.16. The molecule has 0 aromatic carbocycles. The molecule has 0 N–H and O–H groups in total. The van der Waals surface area contributed by atoms with Gasteiger partial charge >= 0.3 is 0 Å². The summed E-state index contributed by atoms with van der Waals surface area (Å²) in [6.45, 7) is 4.37. The molecule has 0 radical (unpaired) electrons. The highest BCUT2D eigenvalue weighted by molar-refractivity contribution is 8.04. The third kappa shape index (κ3) is 10.4. The van der Waals surface area contributed by atoms with Gasteiger partial charge in [-0.2, -0.15) is 11.8 Å². The zero-order valence-corrected chi connectivity index (χ0v) is 11.5. The van der Waals surface area contributed by atoms with Crippen molar-refractivity contribution < 1.29 is 4.79 Å². The molecule has 0 atom stereocenters. The Labute approximate surface area is 102 Å². The lowest BCUT2D eigenvalue weighted by Gasteiger charge is -1.99. The summed E-state index contributed by atoms with van der Waals surface area (Å²) in [5.41, 5.74) is 0. The van der Waals surface area contributed by atoms with Gasteiger partial charge in [-0.1, -0.05) is 32.8 Å². The highest BCUT2D eigenvalue weighted by atomic mass is 32.2. The van der Waals surface area contributed by atoms with Crippen LogP contribution in [0.15, 0.2) is 11.0 Å². The van der Waals surface area contributed by atoms with Gasteiger partial charge in [-0.3, -0.25) is 4.79 Å². The van der Waals surface area contributed by atoms with Gasteiger partial charge in [0.2, 0.25) is 0 Å². The van der Waals surface area contributed by atoms with Crippen molar-refractivity contribution >= 4 is 29.8 Å². The van der Waals surface area contributed by atoms with Crippen molar-refractivity contribution in [3.8, 4) is 0 Å². The fourth-order valence-corrected chi connectivity index (χ4v) is 2.95. The first kappa shape index (κ1) is 15.1. The average molecular weight is 246 g/mol. The molecular weight excluding hydrogens is 224 g/mol. The van der Waals surface area contributed by atoms with Gasteiger partial charge in [0, 0.05) is 10.7 Å². The normalized spacial score (nSPS) is 11.7. The van der Waals surface area contributed by atoms with E-state index in [4.69, 9.17) is 0 Å². The van der Waals surface area contributed by atoms with Crippen molar-refractivity contribution in [1.82, 2.24) is 0 Å². The minimum Gasteiger partial charge on any atom is -0.297 e. The van der Waals surface area contributed by atoms with Crippen molar-refractivity contribution in [2.45, 2.75) is 39.5 Å². The fraction of sp³-hybridized carbons (Fsp3) is 0.750. The molecule has 0 rings (SSSR count). The number of carbonyl (C=O) groups excluding carboxylic acids is 1. The number of rotatable bonds is 10. The number of aldehydes is 1. The van der Waals surface area contributed by atoms with E-state index in [0.717, 1.165) is 22.7 Å². The molecule has 0 aromatic rings. The number of carbonyl (C=O) groups is 1. The Bertz CT molecular complexity index is 178. The Morgan fingerprint density at radius 1 is 1.13 bits per heavy atom. The van der Waals surface area contributed by atoms with Gasteiger partial charge in [-0.25, -0.2) is 0 Å². The topological polar surface area (TPSA) is 17.1 Å². The summed E-state index contributed by atoms with van der Waals surface area (Å²) in [4.78, 5) is 11.6. The maximum absolute atomic E-state index is 10.7. The Morgan fingerprint density at radius 3 is 2.40 bits per heavy atom. The van der Waals surface area contributed by atoms with Crippen molar-refractivity contribution in [3.63, 3.8) is 0 Å². The van der Waals surface area contributed by atoms with Crippen LogP contribution in [0.3, 0.4) is 0 Å². The molecule has 0 saturated heterocycles. The molecule has 0 fully saturated rings. The van der Waals surface area contributed by atoms with Crippen LogP contribution in [0.5, 0.6) is 0 Å². The third-order valence-electron chi connectivity index (χ3n) is 1.93. The second-order valence-corrected chi connectivity index (χ2v) is 5.67. The Balaban J connectivity index is 3.55. The van der Waals surface area contributed by atoms with Crippen molar-refractivity contribution in [3.05, 3.63) is 11.0 Å². The van der Waals surface area contributed by atoms with Crippen LogP contribution in [0, 0.1) is 0 Å². The van der Waals surface area contributed by atoms with Crippen molar-refractivity contribution in [2.24, 2.45) is 0 Å². The summed E-state index contributed by atoms with van der Waals surface area (Å²) in [5, 5.41) is 0. The number of hydrogen-bond donors (Lipinski definition) is 0. The molecule has 0 unspecified atom stereocenters.